The van der Waals surface area contributed by atoms with E-state index in [2.05, 4.69) is 5.10 Å². The van der Waals surface area contributed by atoms with Gasteiger partial charge in [0.1, 0.15) is 10.8 Å². The summed E-state index contributed by atoms with van der Waals surface area (Å²) in [6.45, 7) is 0. The molecule has 0 fully saturated rings. The van der Waals surface area contributed by atoms with Crippen LogP contribution in [-0.2, 0) is 7.05 Å². The third kappa shape index (κ3) is 4.71. The zero-order chi connectivity index (χ0) is 22.1. The van der Waals surface area contributed by atoms with E-state index in [1.165, 1.54) is 17.1 Å². The summed E-state index contributed by atoms with van der Waals surface area (Å²) in [4.78, 5) is -2.13. The minimum absolute atomic E-state index is 0.121. The average molecular weight is 428 g/mol. The van der Waals surface area contributed by atoms with Gasteiger partial charge in [0.05, 0.1) is 36.0 Å². The van der Waals surface area contributed by atoms with Crippen LogP contribution >= 0.6 is 10.2 Å². The Hall–Kier alpha value is -3.43. The van der Waals surface area contributed by atoms with Crippen LogP contribution in [0.25, 0.3) is 0 Å². The van der Waals surface area contributed by atoms with Crippen molar-refractivity contribution in [1.82, 2.24) is 9.78 Å². The van der Waals surface area contributed by atoms with Crippen molar-refractivity contribution >= 4 is 15.9 Å². The lowest BCUT2D eigenvalue weighted by Gasteiger charge is -2.40. The first-order chi connectivity index (χ1) is 13.2. The average Bonchev–Trinajstić information content (AvgIpc) is 3.06. The van der Waals surface area contributed by atoms with Gasteiger partial charge in [-0.15, -0.1) is 0 Å². The van der Waals surface area contributed by atoms with E-state index in [1.54, 1.807) is 25.3 Å². The molecular weight excluding hydrogens is 415 g/mol. The molecule has 152 valence electrons. The summed E-state index contributed by atoms with van der Waals surface area (Å²) in [5.74, 6) is -4.26. The van der Waals surface area contributed by atoms with E-state index in [0.717, 1.165) is 0 Å². The molecule has 2 aromatic rings. The third-order valence-corrected chi connectivity index (χ3v) is 5.34. The highest BCUT2D eigenvalue weighted by molar-refractivity contribution is 8.45. The monoisotopic (exact) mass is 428 g/mol. The first kappa shape index (κ1) is 21.9. The lowest BCUT2D eigenvalue weighted by Crippen LogP contribution is -2.26. The van der Waals surface area contributed by atoms with Crippen molar-refractivity contribution in [2.75, 3.05) is 0 Å². The summed E-state index contributed by atoms with van der Waals surface area (Å²) in [6.07, 6.45) is 2.68. The third-order valence-electron chi connectivity index (χ3n) is 4.17. The molecule has 0 amide bonds. The van der Waals surface area contributed by atoms with Crippen molar-refractivity contribution in [1.29, 1.82) is 21.2 Å². The van der Waals surface area contributed by atoms with E-state index in [9.17, 15) is 35.2 Å². The second kappa shape index (κ2) is 6.57. The Morgan fingerprint density at radius 3 is 1.97 bits per heavy atom. The molecule has 1 aromatic heterocycles. The van der Waals surface area contributed by atoms with Gasteiger partial charge in [-0.1, -0.05) is 31.6 Å². The highest BCUT2D eigenvalue weighted by Gasteiger charge is 2.65. The molecule has 0 bridgehead atoms. The van der Waals surface area contributed by atoms with Gasteiger partial charge in [-0.05, 0) is 17.7 Å². The maximum atomic E-state index is 12.9. The predicted octanol–water partition coefficient (Wildman–Crippen LogP) is 5.03. The number of nitrogens with one attached hydrogen (secondary N) is 1. The maximum Gasteiger partial charge on any atom is 0.310 e. The lowest BCUT2D eigenvalue weighted by molar-refractivity contribution is 0.364. The molecule has 0 aliphatic heterocycles. The largest absolute Gasteiger partial charge is 0.310 e. The summed E-state index contributed by atoms with van der Waals surface area (Å²) >= 11 is 0. The van der Waals surface area contributed by atoms with Gasteiger partial charge in [0.25, 0.3) is 0 Å². The molecule has 1 N–H and O–H groups in total. The minimum atomic E-state index is -9.90. The van der Waals surface area contributed by atoms with Crippen LogP contribution in [0.1, 0.15) is 17.0 Å². The number of aryl methyl sites for hydroxylation is 1. The second-order valence-electron chi connectivity index (χ2n) is 6.22. The van der Waals surface area contributed by atoms with Crippen molar-refractivity contribution in [3.8, 4) is 18.2 Å². The molecule has 29 heavy (non-hydrogen) atoms. The number of hydrogen-bond acceptors (Lipinski definition) is 5. The van der Waals surface area contributed by atoms with Gasteiger partial charge in [-0.3, -0.25) is 4.68 Å². The van der Waals surface area contributed by atoms with Gasteiger partial charge >= 0.3 is 10.2 Å². The van der Waals surface area contributed by atoms with Gasteiger partial charge in [0, 0.05) is 24.7 Å². The number of hydrogen-bond donors (Lipinski definition) is 1. The van der Waals surface area contributed by atoms with Crippen LogP contribution in [0.4, 0.5) is 19.4 Å². The van der Waals surface area contributed by atoms with Gasteiger partial charge in [0.15, 0.2) is 0 Å². The number of halogens is 5. The van der Waals surface area contributed by atoms with Crippen molar-refractivity contribution in [3.63, 3.8) is 0 Å². The fourth-order valence-electron chi connectivity index (χ4n) is 2.78. The van der Waals surface area contributed by atoms with Crippen molar-refractivity contribution < 1.29 is 19.4 Å². The van der Waals surface area contributed by atoms with E-state index in [0.29, 0.717) is 12.1 Å². The van der Waals surface area contributed by atoms with E-state index < -0.39 is 32.9 Å². The van der Waals surface area contributed by atoms with Crippen LogP contribution in [0.5, 0.6) is 0 Å². The molecule has 0 saturated carbocycles. The molecule has 0 spiro atoms. The number of aromatic nitrogens is 2. The lowest BCUT2D eigenvalue weighted by atomic mass is 9.75. The standard InChI is InChI=1S/C17H13F5N6S/c1-28-10-13(9-27-28)17(26)15(8-25)16(12(6-23)7-24)11-2-4-14(5-3-11)29(18,19,20,21)22/h2-5,9-10,12,15-16,26H,1H3. The van der Waals surface area contributed by atoms with E-state index in [1.807, 2.05) is 0 Å². The molecule has 0 radical (unpaired) electrons. The van der Waals surface area contributed by atoms with Crippen molar-refractivity contribution in [2.24, 2.45) is 18.9 Å². The maximum absolute atomic E-state index is 12.9. The SMILES string of the molecule is Cn1cc(C(=N)C(C#N)C(c2ccc(S(F)(F)(F)(F)F)cc2)C(C#N)C#N)cn1. The Bertz CT molecular complexity index is 1060. The molecule has 2 rings (SSSR count). The molecule has 12 heteroatoms. The zero-order valence-corrected chi connectivity index (χ0v) is 15.5. The molecule has 2 atom stereocenters. The molecule has 0 aliphatic carbocycles. The molecule has 0 aliphatic rings. The molecule has 2 unspecified atom stereocenters. The van der Waals surface area contributed by atoms with Crippen molar-refractivity contribution in [2.45, 2.75) is 10.8 Å². The molecule has 1 heterocycles. The van der Waals surface area contributed by atoms with Crippen LogP contribution in [0.2, 0.25) is 0 Å². The number of benzene rings is 1. The first-order valence-electron chi connectivity index (χ1n) is 7.82. The number of nitriles is 3. The van der Waals surface area contributed by atoms with Crippen LogP contribution in [0.3, 0.4) is 0 Å². The molecule has 0 saturated heterocycles. The normalized spacial score (nSPS) is 15.9. The first-order valence-corrected chi connectivity index (χ1v) is 9.77. The summed E-state index contributed by atoms with van der Waals surface area (Å²) in [5, 5.41) is 40.2. The molecular formula is C17H13F5N6S. The van der Waals surface area contributed by atoms with E-state index >= 15 is 0 Å². The Morgan fingerprint density at radius 1 is 1.03 bits per heavy atom. The van der Waals surface area contributed by atoms with E-state index in [-0.39, 0.29) is 29.0 Å². The van der Waals surface area contributed by atoms with E-state index in [4.69, 9.17) is 5.41 Å². The van der Waals surface area contributed by atoms with Crippen LogP contribution in [0.15, 0.2) is 41.6 Å². The van der Waals surface area contributed by atoms with Gasteiger partial charge in [-0.2, -0.15) is 20.9 Å². The van der Waals surface area contributed by atoms with Crippen LogP contribution in [0, 0.1) is 51.2 Å². The minimum Gasteiger partial charge on any atom is -0.303 e. The number of nitrogens with zero attached hydrogens (tertiary/aromatic N) is 5. The van der Waals surface area contributed by atoms with Crippen molar-refractivity contribution in [3.05, 3.63) is 47.8 Å². The fourth-order valence-corrected chi connectivity index (χ4v) is 3.43. The smallest absolute Gasteiger partial charge is 0.303 e. The van der Waals surface area contributed by atoms with Gasteiger partial charge in [0.2, 0.25) is 0 Å². The summed E-state index contributed by atoms with van der Waals surface area (Å²) in [7, 11) is -8.35. The summed E-state index contributed by atoms with van der Waals surface area (Å²) in [5.41, 5.74) is -0.218. The predicted molar refractivity (Wildman–Crippen MR) is 94.4 cm³/mol. The van der Waals surface area contributed by atoms with Gasteiger partial charge < -0.3 is 5.41 Å². The Balaban J connectivity index is 2.57. The van der Waals surface area contributed by atoms with Crippen LogP contribution in [-0.4, -0.2) is 15.5 Å². The number of rotatable bonds is 6. The Labute approximate surface area is 162 Å². The molecule has 6 nitrogen and oxygen atoms in total. The Kier molecular flexibility index (Phi) is 4.96. The van der Waals surface area contributed by atoms with Gasteiger partial charge in [-0.25, -0.2) is 0 Å². The molecule has 1 aromatic carbocycles. The quantitative estimate of drug-likeness (QED) is 0.513. The van der Waals surface area contributed by atoms with Crippen LogP contribution < -0.4 is 0 Å². The zero-order valence-electron chi connectivity index (χ0n) is 14.7. The highest BCUT2D eigenvalue weighted by Crippen LogP contribution is 3.02. The topological polar surface area (TPSA) is 113 Å². The fraction of sp³-hybridized carbons (Fsp3) is 0.235. The highest BCUT2D eigenvalue weighted by atomic mass is 32.5. The second-order valence-corrected chi connectivity index (χ2v) is 8.63. The Morgan fingerprint density at radius 2 is 1.59 bits per heavy atom. The summed E-state index contributed by atoms with van der Waals surface area (Å²) in [6, 6.07) is 6.77. The summed E-state index contributed by atoms with van der Waals surface area (Å²) < 4.78 is 66.1.